The molecule has 0 spiro atoms. The van der Waals surface area contributed by atoms with E-state index in [-0.39, 0.29) is 12.2 Å². The van der Waals surface area contributed by atoms with Crippen LogP contribution >= 0.6 is 23.2 Å². The minimum atomic E-state index is 0.0185. The molecule has 2 rings (SSSR count). The Hall–Kier alpha value is -1.51. The molecule has 0 heterocycles. The first-order chi connectivity index (χ1) is 9.60. The highest BCUT2D eigenvalue weighted by Gasteiger charge is 2.09. The fourth-order valence-electron chi connectivity index (χ4n) is 1.86. The van der Waals surface area contributed by atoms with Crippen molar-refractivity contribution < 1.29 is 9.53 Å². The molecule has 2 aromatic carbocycles. The maximum absolute atomic E-state index is 12.2. The monoisotopic (exact) mass is 308 g/mol. The summed E-state index contributed by atoms with van der Waals surface area (Å²) in [6.45, 7) is 2.48. The molecule has 0 aliphatic heterocycles. The van der Waals surface area contributed by atoms with E-state index in [2.05, 4.69) is 0 Å². The van der Waals surface area contributed by atoms with Crippen LogP contribution in [0.2, 0.25) is 10.0 Å². The van der Waals surface area contributed by atoms with Gasteiger partial charge in [0, 0.05) is 12.0 Å². The summed E-state index contributed by atoms with van der Waals surface area (Å²) in [6, 6.07) is 12.4. The lowest BCUT2D eigenvalue weighted by Gasteiger charge is -2.06. The van der Waals surface area contributed by atoms with Gasteiger partial charge < -0.3 is 4.74 Å². The fourth-order valence-corrected chi connectivity index (χ4v) is 2.18. The predicted octanol–water partition coefficient (Wildman–Crippen LogP) is 4.82. The van der Waals surface area contributed by atoms with Crippen LogP contribution in [-0.2, 0) is 6.42 Å². The second kappa shape index (κ2) is 6.78. The van der Waals surface area contributed by atoms with Gasteiger partial charge in [0.1, 0.15) is 5.75 Å². The van der Waals surface area contributed by atoms with Crippen LogP contribution in [0.25, 0.3) is 0 Å². The molecular formula is C16H14Cl2O2. The van der Waals surface area contributed by atoms with Crippen LogP contribution in [0.5, 0.6) is 5.75 Å². The third-order valence-electron chi connectivity index (χ3n) is 2.82. The summed E-state index contributed by atoms with van der Waals surface area (Å²) in [7, 11) is 0. The first-order valence-corrected chi connectivity index (χ1v) is 7.05. The Kier molecular flexibility index (Phi) is 5.05. The number of rotatable bonds is 5. The van der Waals surface area contributed by atoms with Gasteiger partial charge in [0.2, 0.25) is 0 Å². The van der Waals surface area contributed by atoms with Crippen LogP contribution in [0.3, 0.4) is 0 Å². The zero-order valence-electron chi connectivity index (χ0n) is 11.0. The number of ketones is 1. The lowest BCUT2D eigenvalue weighted by atomic mass is 10.0. The van der Waals surface area contributed by atoms with Crippen molar-refractivity contribution in [3.63, 3.8) is 0 Å². The molecular weight excluding hydrogens is 295 g/mol. The van der Waals surface area contributed by atoms with Crippen LogP contribution in [0.4, 0.5) is 0 Å². The molecule has 0 saturated carbocycles. The van der Waals surface area contributed by atoms with E-state index < -0.39 is 0 Å². The predicted molar refractivity (Wildman–Crippen MR) is 82.1 cm³/mol. The maximum atomic E-state index is 12.2. The normalized spacial score (nSPS) is 10.3. The lowest BCUT2D eigenvalue weighted by molar-refractivity contribution is 0.0992. The van der Waals surface area contributed by atoms with Gasteiger partial charge in [-0.25, -0.2) is 0 Å². The van der Waals surface area contributed by atoms with Crippen LogP contribution in [0, 0.1) is 0 Å². The number of carbonyl (C=O) groups is 1. The Bertz CT molecular complexity index is 624. The summed E-state index contributed by atoms with van der Waals surface area (Å²) < 4.78 is 5.39. The molecule has 0 amide bonds. The van der Waals surface area contributed by atoms with E-state index >= 15 is 0 Å². The van der Waals surface area contributed by atoms with E-state index in [0.29, 0.717) is 28.0 Å². The number of hydrogen-bond acceptors (Lipinski definition) is 2. The molecule has 0 N–H and O–H groups in total. The molecule has 0 aliphatic carbocycles. The van der Waals surface area contributed by atoms with Gasteiger partial charge in [0.15, 0.2) is 5.78 Å². The third-order valence-corrected chi connectivity index (χ3v) is 3.55. The molecule has 2 aromatic rings. The van der Waals surface area contributed by atoms with Crippen molar-refractivity contribution in [2.24, 2.45) is 0 Å². The van der Waals surface area contributed by atoms with Gasteiger partial charge in [-0.05, 0) is 36.8 Å². The summed E-state index contributed by atoms with van der Waals surface area (Å²) in [5.74, 6) is 0.720. The number of benzene rings is 2. The Morgan fingerprint density at radius 2 is 1.90 bits per heavy atom. The highest BCUT2D eigenvalue weighted by atomic mass is 35.5. The molecule has 104 valence electrons. The standard InChI is InChI=1S/C16H14Cl2O2/c1-2-20-13-5-3-4-12(10-13)16(19)9-11-6-7-14(17)15(18)8-11/h3-8,10H,2,9H2,1H3. The van der Waals surface area contributed by atoms with E-state index in [4.69, 9.17) is 27.9 Å². The van der Waals surface area contributed by atoms with E-state index in [9.17, 15) is 4.79 Å². The number of hydrogen-bond donors (Lipinski definition) is 0. The number of Topliss-reactive ketones (excluding diaryl/α,β-unsaturated/α-hetero) is 1. The van der Waals surface area contributed by atoms with Gasteiger partial charge >= 0.3 is 0 Å². The largest absolute Gasteiger partial charge is 0.494 e. The fraction of sp³-hybridized carbons (Fsp3) is 0.188. The quantitative estimate of drug-likeness (QED) is 0.740. The molecule has 0 aromatic heterocycles. The zero-order valence-corrected chi connectivity index (χ0v) is 12.5. The molecule has 20 heavy (non-hydrogen) atoms. The zero-order chi connectivity index (χ0) is 14.5. The Morgan fingerprint density at radius 1 is 1.10 bits per heavy atom. The van der Waals surface area contributed by atoms with Crippen LogP contribution < -0.4 is 4.74 Å². The van der Waals surface area contributed by atoms with Gasteiger partial charge in [0.25, 0.3) is 0 Å². The smallest absolute Gasteiger partial charge is 0.167 e. The van der Waals surface area contributed by atoms with Crippen molar-refractivity contribution >= 4 is 29.0 Å². The molecule has 0 atom stereocenters. The van der Waals surface area contributed by atoms with E-state index in [1.807, 2.05) is 19.1 Å². The molecule has 0 fully saturated rings. The second-order valence-electron chi connectivity index (χ2n) is 4.31. The molecule has 0 aliphatic rings. The first kappa shape index (κ1) is 14.9. The van der Waals surface area contributed by atoms with Gasteiger partial charge in [-0.2, -0.15) is 0 Å². The number of halogens is 2. The number of carbonyl (C=O) groups excluding carboxylic acids is 1. The molecule has 0 radical (unpaired) electrons. The second-order valence-corrected chi connectivity index (χ2v) is 5.12. The van der Waals surface area contributed by atoms with E-state index in [1.54, 1.807) is 30.3 Å². The van der Waals surface area contributed by atoms with Gasteiger partial charge in [0.05, 0.1) is 16.7 Å². The van der Waals surface area contributed by atoms with Gasteiger partial charge in [-0.3, -0.25) is 4.79 Å². The topological polar surface area (TPSA) is 26.3 Å². The minimum Gasteiger partial charge on any atom is -0.494 e. The highest BCUT2D eigenvalue weighted by molar-refractivity contribution is 6.42. The Labute approximate surface area is 128 Å². The molecule has 0 saturated heterocycles. The van der Waals surface area contributed by atoms with E-state index in [0.717, 1.165) is 5.56 Å². The summed E-state index contributed by atoms with van der Waals surface area (Å²) in [4.78, 5) is 12.2. The molecule has 4 heteroatoms. The summed E-state index contributed by atoms with van der Waals surface area (Å²) in [5.41, 5.74) is 1.47. The van der Waals surface area contributed by atoms with Gasteiger partial charge in [-0.15, -0.1) is 0 Å². The van der Waals surface area contributed by atoms with Crippen molar-refractivity contribution in [1.29, 1.82) is 0 Å². The van der Waals surface area contributed by atoms with Crippen molar-refractivity contribution in [1.82, 2.24) is 0 Å². The van der Waals surface area contributed by atoms with Crippen LogP contribution in [-0.4, -0.2) is 12.4 Å². The van der Waals surface area contributed by atoms with Crippen molar-refractivity contribution in [3.8, 4) is 5.75 Å². The SMILES string of the molecule is CCOc1cccc(C(=O)Cc2ccc(Cl)c(Cl)c2)c1. The van der Waals surface area contributed by atoms with Crippen LogP contribution in [0.1, 0.15) is 22.8 Å². The maximum Gasteiger partial charge on any atom is 0.167 e. The van der Waals surface area contributed by atoms with Crippen LogP contribution in [0.15, 0.2) is 42.5 Å². The third kappa shape index (κ3) is 3.75. The summed E-state index contributed by atoms with van der Waals surface area (Å²) in [5, 5.41) is 0.946. The first-order valence-electron chi connectivity index (χ1n) is 6.30. The average Bonchev–Trinajstić information content (AvgIpc) is 2.43. The van der Waals surface area contributed by atoms with Crippen molar-refractivity contribution in [3.05, 3.63) is 63.6 Å². The van der Waals surface area contributed by atoms with E-state index in [1.165, 1.54) is 0 Å². The number of ether oxygens (including phenoxy) is 1. The summed E-state index contributed by atoms with van der Waals surface area (Å²) in [6.07, 6.45) is 0.284. The molecule has 0 unspecified atom stereocenters. The molecule has 2 nitrogen and oxygen atoms in total. The summed E-state index contributed by atoms with van der Waals surface area (Å²) >= 11 is 11.8. The van der Waals surface area contributed by atoms with Gasteiger partial charge in [-0.1, -0.05) is 41.4 Å². The Balaban J connectivity index is 2.15. The van der Waals surface area contributed by atoms with Crippen molar-refractivity contribution in [2.45, 2.75) is 13.3 Å². The lowest BCUT2D eigenvalue weighted by Crippen LogP contribution is -2.04. The van der Waals surface area contributed by atoms with Crippen molar-refractivity contribution in [2.75, 3.05) is 6.61 Å². The average molecular weight is 309 g/mol. The molecule has 0 bridgehead atoms. The highest BCUT2D eigenvalue weighted by Crippen LogP contribution is 2.23. The Morgan fingerprint density at radius 3 is 2.60 bits per heavy atom. The minimum absolute atomic E-state index is 0.0185.